The van der Waals surface area contributed by atoms with Crippen LogP contribution < -0.4 is 15.9 Å². The second-order valence-corrected chi connectivity index (χ2v) is 11.5. The Balaban J connectivity index is 1.53. The molecule has 3 aliphatic rings. The molecule has 0 saturated heterocycles. The van der Waals surface area contributed by atoms with E-state index in [0.29, 0.717) is 30.9 Å². The van der Waals surface area contributed by atoms with Crippen LogP contribution >= 0.6 is 0 Å². The maximum atomic E-state index is 13.9. The van der Waals surface area contributed by atoms with Crippen molar-refractivity contribution in [3.8, 4) is 0 Å². The Morgan fingerprint density at radius 3 is 2.56 bits per heavy atom. The maximum absolute atomic E-state index is 13.9. The lowest BCUT2D eigenvalue weighted by Crippen LogP contribution is -2.36. The fourth-order valence-electron chi connectivity index (χ4n) is 6.23. The highest BCUT2D eigenvalue weighted by Crippen LogP contribution is 2.43. The number of fused-ring (bicyclic) bond motifs is 1. The smallest absolute Gasteiger partial charge is 0.154 e. The van der Waals surface area contributed by atoms with E-state index in [0.717, 1.165) is 30.8 Å². The molecule has 0 aliphatic heterocycles. The Morgan fingerprint density at radius 1 is 1.13 bits per heavy atom. The van der Waals surface area contributed by atoms with Crippen LogP contribution in [-0.2, 0) is 11.3 Å². The van der Waals surface area contributed by atoms with E-state index in [1.54, 1.807) is 6.08 Å². The number of aromatic nitrogens is 1. The zero-order chi connectivity index (χ0) is 27.5. The van der Waals surface area contributed by atoms with E-state index in [2.05, 4.69) is 72.8 Å². The lowest BCUT2D eigenvalue weighted by atomic mass is 9.87. The quantitative estimate of drug-likeness (QED) is 0.337. The normalized spacial score (nSPS) is 23.0. The Morgan fingerprint density at radius 2 is 1.90 bits per heavy atom. The van der Waals surface area contributed by atoms with Crippen LogP contribution in [0.25, 0.3) is 12.2 Å². The summed E-state index contributed by atoms with van der Waals surface area (Å²) < 4.78 is 35.8. The number of nitrogens with one attached hydrogen (secondary N) is 1. The van der Waals surface area contributed by atoms with Crippen LogP contribution in [0.2, 0.25) is 0 Å². The second-order valence-electron chi connectivity index (χ2n) is 11.5. The van der Waals surface area contributed by atoms with Gasteiger partial charge in [0, 0.05) is 42.5 Å². The van der Waals surface area contributed by atoms with Crippen LogP contribution in [0.5, 0.6) is 0 Å². The largest absolute Gasteiger partial charge is 0.498 e. The van der Waals surface area contributed by atoms with Crippen molar-refractivity contribution in [1.29, 1.82) is 0 Å². The molecule has 0 spiro atoms. The standard InChI is InChI=1S/C34H42F2N2O/c1-5-39-23(4)27-14-15-28-32(18-27)38(21-24-9-7-6-8-10-24)34(22(2)3)33(28)29(26-12-13-26)20-37-19-25-11-16-30(35)31(36)17-25/h6-11,15-18,22,26-27,29-31,37H,4-5,12-14,19-21H2,1-3H3/t27?,29-,30?,31?/m1/s1. The van der Waals surface area contributed by atoms with Gasteiger partial charge in [0.2, 0.25) is 0 Å². The van der Waals surface area contributed by atoms with Crippen molar-refractivity contribution in [3.63, 3.8) is 0 Å². The van der Waals surface area contributed by atoms with Gasteiger partial charge in [-0.05, 0) is 78.2 Å². The zero-order valence-corrected chi connectivity index (χ0v) is 23.5. The Hall–Kier alpha value is -2.92. The summed E-state index contributed by atoms with van der Waals surface area (Å²) in [4.78, 5) is 0. The monoisotopic (exact) mass is 532 g/mol. The van der Waals surface area contributed by atoms with Crippen molar-refractivity contribution in [1.82, 2.24) is 9.88 Å². The minimum atomic E-state index is -1.55. The van der Waals surface area contributed by atoms with Crippen molar-refractivity contribution in [2.45, 2.75) is 70.8 Å². The number of rotatable bonds is 12. The summed E-state index contributed by atoms with van der Waals surface area (Å²) in [5, 5.41) is 6.24. The average Bonchev–Trinajstić information content (AvgIpc) is 3.72. The summed E-state index contributed by atoms with van der Waals surface area (Å²) in [5.41, 5.74) is 4.96. The van der Waals surface area contributed by atoms with Crippen molar-refractivity contribution in [3.05, 3.63) is 93.9 Å². The molecule has 1 fully saturated rings. The number of benzene rings is 1. The number of hydrogen-bond donors (Lipinski definition) is 1. The molecule has 4 atom stereocenters. The Kier molecular flexibility index (Phi) is 8.56. The van der Waals surface area contributed by atoms with Gasteiger partial charge >= 0.3 is 0 Å². The molecule has 3 aliphatic carbocycles. The summed E-state index contributed by atoms with van der Waals surface area (Å²) in [6, 6.07) is 10.7. The van der Waals surface area contributed by atoms with Crippen LogP contribution in [-0.4, -0.2) is 36.6 Å². The average molecular weight is 533 g/mol. The molecule has 0 radical (unpaired) electrons. The van der Waals surface area contributed by atoms with E-state index in [1.807, 2.05) is 6.92 Å². The topological polar surface area (TPSA) is 26.2 Å². The molecular formula is C34H42F2N2O. The fourth-order valence-corrected chi connectivity index (χ4v) is 6.23. The van der Waals surface area contributed by atoms with Crippen LogP contribution in [0.4, 0.5) is 8.78 Å². The highest BCUT2D eigenvalue weighted by Gasteiger charge is 2.36. The predicted octanol–water partition coefficient (Wildman–Crippen LogP) is 6.05. The molecule has 208 valence electrons. The van der Waals surface area contributed by atoms with Crippen LogP contribution in [0.15, 0.2) is 66.5 Å². The van der Waals surface area contributed by atoms with E-state index in [9.17, 15) is 8.78 Å². The third-order valence-corrected chi connectivity index (χ3v) is 8.26. The SMILES string of the molecule is C=C(OCC)C1C=c2c(c([C@H](CNCC3=CC(F)C(F)C=C3)C3CC3)c(C(C)C)n2Cc2ccccc2)=CC1. The second kappa shape index (κ2) is 12.1. The van der Waals surface area contributed by atoms with E-state index in [-0.39, 0.29) is 5.92 Å². The number of nitrogens with zero attached hydrogens (tertiary/aromatic N) is 1. The van der Waals surface area contributed by atoms with Crippen molar-refractivity contribution < 1.29 is 13.5 Å². The molecule has 1 N–H and O–H groups in total. The minimum absolute atomic E-state index is 0.158. The first-order chi connectivity index (χ1) is 18.9. The molecule has 3 unspecified atom stereocenters. The third-order valence-electron chi connectivity index (χ3n) is 8.26. The van der Waals surface area contributed by atoms with E-state index in [1.165, 1.54) is 52.4 Å². The lowest BCUT2D eigenvalue weighted by molar-refractivity contribution is 0.208. The van der Waals surface area contributed by atoms with Crippen molar-refractivity contribution >= 4 is 12.2 Å². The molecule has 5 heteroatoms. The summed E-state index contributed by atoms with van der Waals surface area (Å²) in [6.07, 6.45) is 9.49. The molecular weight excluding hydrogens is 490 g/mol. The molecule has 5 rings (SSSR count). The molecule has 3 nitrogen and oxygen atoms in total. The summed E-state index contributed by atoms with van der Waals surface area (Å²) >= 11 is 0. The fraction of sp³-hybridized carbons (Fsp3) is 0.471. The first kappa shape index (κ1) is 27.6. The molecule has 0 amide bonds. The molecule has 1 aromatic heterocycles. The third kappa shape index (κ3) is 6.14. The van der Waals surface area contributed by atoms with Gasteiger partial charge in [-0.15, -0.1) is 0 Å². The van der Waals surface area contributed by atoms with Crippen molar-refractivity contribution in [2.75, 3.05) is 19.7 Å². The van der Waals surface area contributed by atoms with Crippen LogP contribution in [0.1, 0.15) is 68.7 Å². The highest BCUT2D eigenvalue weighted by atomic mass is 19.2. The van der Waals surface area contributed by atoms with Crippen LogP contribution in [0.3, 0.4) is 0 Å². The molecule has 2 aromatic rings. The molecule has 1 aromatic carbocycles. The molecule has 0 bridgehead atoms. The number of ether oxygens (including phenoxy) is 1. The van der Waals surface area contributed by atoms with Crippen molar-refractivity contribution in [2.24, 2.45) is 11.8 Å². The Labute approximate surface area is 231 Å². The summed E-state index contributed by atoms with van der Waals surface area (Å²) in [5.74, 6) is 2.34. The lowest BCUT2D eigenvalue weighted by Gasteiger charge is -2.23. The van der Waals surface area contributed by atoms with Gasteiger partial charge in [0.05, 0.1) is 12.4 Å². The van der Waals surface area contributed by atoms with Gasteiger partial charge in [-0.3, -0.25) is 0 Å². The minimum Gasteiger partial charge on any atom is -0.498 e. The van der Waals surface area contributed by atoms with Gasteiger partial charge in [-0.25, -0.2) is 8.78 Å². The highest BCUT2D eigenvalue weighted by molar-refractivity contribution is 5.49. The van der Waals surface area contributed by atoms with Gasteiger partial charge in [-0.2, -0.15) is 0 Å². The van der Waals surface area contributed by atoms with Crippen LogP contribution in [0, 0.1) is 11.8 Å². The predicted molar refractivity (Wildman–Crippen MR) is 156 cm³/mol. The number of allylic oxidation sites excluding steroid dienone is 3. The molecule has 1 saturated carbocycles. The van der Waals surface area contributed by atoms with Gasteiger partial charge in [0.15, 0.2) is 12.3 Å². The van der Waals surface area contributed by atoms with Gasteiger partial charge in [0.1, 0.15) is 0 Å². The van der Waals surface area contributed by atoms with E-state index in [4.69, 9.17) is 4.74 Å². The number of halogens is 2. The molecule has 39 heavy (non-hydrogen) atoms. The van der Waals surface area contributed by atoms with Gasteiger partial charge < -0.3 is 14.6 Å². The van der Waals surface area contributed by atoms with E-state index >= 15 is 0 Å². The summed E-state index contributed by atoms with van der Waals surface area (Å²) in [7, 11) is 0. The number of hydrogen-bond acceptors (Lipinski definition) is 2. The maximum Gasteiger partial charge on any atom is 0.154 e. The number of alkyl halides is 2. The molecule has 1 heterocycles. The van der Waals surface area contributed by atoms with Gasteiger partial charge in [-0.1, -0.05) is 62.9 Å². The van der Waals surface area contributed by atoms with Gasteiger partial charge in [0.25, 0.3) is 0 Å². The summed E-state index contributed by atoms with van der Waals surface area (Å²) in [6.45, 7) is 13.6. The first-order valence-electron chi connectivity index (χ1n) is 14.5. The Bertz CT molecular complexity index is 1350. The zero-order valence-electron chi connectivity index (χ0n) is 23.5. The first-order valence-corrected chi connectivity index (χ1v) is 14.5. The van der Waals surface area contributed by atoms with E-state index < -0.39 is 12.3 Å².